The summed E-state index contributed by atoms with van der Waals surface area (Å²) in [6.45, 7) is 3.59. The van der Waals surface area contributed by atoms with Crippen LogP contribution in [0.4, 0.5) is 0 Å². The summed E-state index contributed by atoms with van der Waals surface area (Å²) in [5, 5.41) is 0. The molecule has 0 amide bonds. The third-order valence-corrected chi connectivity index (χ3v) is 2.87. The van der Waals surface area contributed by atoms with Crippen LogP contribution in [0, 0.1) is 0 Å². The Morgan fingerprint density at radius 3 is 2.68 bits per heavy atom. The summed E-state index contributed by atoms with van der Waals surface area (Å²) >= 11 is 0. The number of unbranched alkanes of at least 4 members (excludes halogenated alkanes) is 1. The summed E-state index contributed by atoms with van der Waals surface area (Å²) < 4.78 is 15.6. The molecular weight excluding hydrogens is 248 g/mol. The van der Waals surface area contributed by atoms with E-state index in [1.54, 1.807) is 13.8 Å². The van der Waals surface area contributed by atoms with Crippen molar-refractivity contribution in [1.29, 1.82) is 0 Å². The van der Waals surface area contributed by atoms with Gasteiger partial charge in [-0.15, -0.1) is 0 Å². The average molecular weight is 270 g/mol. The first-order chi connectivity index (χ1) is 8.98. The van der Waals surface area contributed by atoms with E-state index in [0.717, 1.165) is 19.1 Å². The minimum Gasteiger partial charge on any atom is -0.469 e. The molecule has 0 N–H and O–H groups in total. The molecule has 2 atom stereocenters. The van der Waals surface area contributed by atoms with Crippen molar-refractivity contribution < 1.29 is 23.8 Å². The Morgan fingerprint density at radius 2 is 2.05 bits per heavy atom. The van der Waals surface area contributed by atoms with Gasteiger partial charge in [-0.3, -0.25) is 4.79 Å². The summed E-state index contributed by atoms with van der Waals surface area (Å²) in [4.78, 5) is 21.8. The van der Waals surface area contributed by atoms with Gasteiger partial charge in [-0.25, -0.2) is 0 Å². The number of hydrogen-bond acceptors (Lipinski definition) is 5. The van der Waals surface area contributed by atoms with Gasteiger partial charge in [0, 0.05) is 6.42 Å². The lowest BCUT2D eigenvalue weighted by Gasteiger charge is -2.16. The van der Waals surface area contributed by atoms with Gasteiger partial charge in [0.1, 0.15) is 6.10 Å². The zero-order chi connectivity index (χ0) is 14.3. The number of allylic oxidation sites excluding steroid dienone is 1. The number of methoxy groups -OCH3 is 1. The molecule has 0 radical (unpaired) electrons. The number of rotatable bonds is 7. The number of hydrogen-bond donors (Lipinski definition) is 0. The highest BCUT2D eigenvalue weighted by molar-refractivity contribution is 5.69. The average Bonchev–Trinajstić information content (AvgIpc) is 2.67. The van der Waals surface area contributed by atoms with Gasteiger partial charge in [0.2, 0.25) is 0 Å². The van der Waals surface area contributed by atoms with E-state index >= 15 is 0 Å². The Bertz CT molecular complexity index is 335. The number of aldehydes is 1. The molecule has 0 bridgehead atoms. The molecule has 0 unspecified atom stereocenters. The molecule has 1 heterocycles. The summed E-state index contributed by atoms with van der Waals surface area (Å²) in [6, 6.07) is 0. The lowest BCUT2D eigenvalue weighted by Crippen LogP contribution is -2.23. The SMILES string of the molecule is COC(=O)CCC/C=C\C[C@@H]1OC(C)(C)O[C@@H]1C=O. The molecule has 1 saturated heterocycles. The van der Waals surface area contributed by atoms with E-state index in [4.69, 9.17) is 9.47 Å². The maximum Gasteiger partial charge on any atom is 0.305 e. The number of esters is 1. The second-order valence-electron chi connectivity index (χ2n) is 4.95. The fourth-order valence-corrected chi connectivity index (χ4v) is 1.98. The van der Waals surface area contributed by atoms with Crippen molar-refractivity contribution >= 4 is 12.3 Å². The summed E-state index contributed by atoms with van der Waals surface area (Å²) in [6.07, 6.45) is 6.61. The molecule has 19 heavy (non-hydrogen) atoms. The fourth-order valence-electron chi connectivity index (χ4n) is 1.98. The summed E-state index contributed by atoms with van der Waals surface area (Å²) in [5.74, 6) is -0.890. The highest BCUT2D eigenvalue weighted by atomic mass is 16.8. The lowest BCUT2D eigenvalue weighted by molar-refractivity contribution is -0.149. The van der Waals surface area contributed by atoms with Crippen molar-refractivity contribution in [3.05, 3.63) is 12.2 Å². The van der Waals surface area contributed by atoms with Crippen LogP contribution in [0.3, 0.4) is 0 Å². The molecule has 5 heteroatoms. The molecule has 5 nitrogen and oxygen atoms in total. The van der Waals surface area contributed by atoms with Crippen LogP contribution in [-0.2, 0) is 23.8 Å². The summed E-state index contributed by atoms with van der Waals surface area (Å²) in [5.41, 5.74) is 0. The highest BCUT2D eigenvalue weighted by Crippen LogP contribution is 2.29. The molecule has 0 aromatic rings. The molecule has 1 aliphatic rings. The van der Waals surface area contributed by atoms with E-state index in [1.807, 2.05) is 12.2 Å². The minimum absolute atomic E-state index is 0.191. The smallest absolute Gasteiger partial charge is 0.305 e. The Hall–Kier alpha value is -1.20. The van der Waals surface area contributed by atoms with Gasteiger partial charge in [0.15, 0.2) is 12.1 Å². The molecule has 1 rings (SSSR count). The quantitative estimate of drug-likeness (QED) is 0.306. The first kappa shape index (κ1) is 15.9. The zero-order valence-electron chi connectivity index (χ0n) is 11.8. The third-order valence-electron chi connectivity index (χ3n) is 2.87. The Labute approximate surface area is 113 Å². The topological polar surface area (TPSA) is 61.8 Å². The van der Waals surface area contributed by atoms with E-state index in [0.29, 0.717) is 12.8 Å². The summed E-state index contributed by atoms with van der Waals surface area (Å²) in [7, 11) is 1.39. The second-order valence-corrected chi connectivity index (χ2v) is 4.95. The van der Waals surface area contributed by atoms with Crippen molar-refractivity contribution in [2.75, 3.05) is 7.11 Å². The van der Waals surface area contributed by atoms with Gasteiger partial charge in [0.25, 0.3) is 0 Å². The molecule has 1 fully saturated rings. The molecule has 0 spiro atoms. The van der Waals surface area contributed by atoms with Crippen molar-refractivity contribution in [3.63, 3.8) is 0 Å². The number of ether oxygens (including phenoxy) is 3. The van der Waals surface area contributed by atoms with Gasteiger partial charge in [-0.1, -0.05) is 12.2 Å². The van der Waals surface area contributed by atoms with E-state index in [-0.39, 0.29) is 12.1 Å². The predicted octanol–water partition coefficient (Wildman–Crippen LogP) is 1.99. The van der Waals surface area contributed by atoms with Crippen LogP contribution in [0.25, 0.3) is 0 Å². The molecule has 1 aliphatic heterocycles. The lowest BCUT2D eigenvalue weighted by atomic mass is 10.1. The molecule has 0 saturated carbocycles. The molecule has 0 aromatic carbocycles. The van der Waals surface area contributed by atoms with Gasteiger partial charge < -0.3 is 19.0 Å². The monoisotopic (exact) mass is 270 g/mol. The molecule has 0 aromatic heterocycles. The second kappa shape index (κ2) is 7.40. The minimum atomic E-state index is -0.699. The van der Waals surface area contributed by atoms with Crippen LogP contribution in [0.15, 0.2) is 12.2 Å². The van der Waals surface area contributed by atoms with Gasteiger partial charge in [-0.2, -0.15) is 0 Å². The van der Waals surface area contributed by atoms with E-state index in [2.05, 4.69) is 4.74 Å². The first-order valence-corrected chi connectivity index (χ1v) is 6.51. The van der Waals surface area contributed by atoms with Crippen LogP contribution in [-0.4, -0.2) is 37.4 Å². The van der Waals surface area contributed by atoms with Crippen molar-refractivity contribution in [2.45, 2.75) is 57.5 Å². The van der Waals surface area contributed by atoms with Crippen molar-refractivity contribution in [2.24, 2.45) is 0 Å². The zero-order valence-corrected chi connectivity index (χ0v) is 11.8. The predicted molar refractivity (Wildman–Crippen MR) is 69.5 cm³/mol. The van der Waals surface area contributed by atoms with Crippen molar-refractivity contribution in [3.8, 4) is 0 Å². The molecular formula is C14H22O5. The highest BCUT2D eigenvalue weighted by Gasteiger charge is 2.40. The van der Waals surface area contributed by atoms with E-state index in [9.17, 15) is 9.59 Å². The Balaban J connectivity index is 2.24. The van der Waals surface area contributed by atoms with Crippen LogP contribution < -0.4 is 0 Å². The molecule has 108 valence electrons. The Morgan fingerprint density at radius 1 is 1.32 bits per heavy atom. The third kappa shape index (κ3) is 5.53. The van der Waals surface area contributed by atoms with E-state index in [1.165, 1.54) is 7.11 Å². The molecule has 0 aliphatic carbocycles. The standard InChI is InChI=1S/C14H22O5/c1-14(2)18-11(12(10-15)19-14)8-6-4-5-7-9-13(16)17-3/h4,6,10-12H,5,7-9H2,1-3H3/b6-4-/t11-,12+/m0/s1. The van der Waals surface area contributed by atoms with E-state index < -0.39 is 11.9 Å². The first-order valence-electron chi connectivity index (χ1n) is 6.51. The normalized spacial score (nSPS) is 25.6. The largest absolute Gasteiger partial charge is 0.469 e. The van der Waals surface area contributed by atoms with Crippen LogP contribution in [0.2, 0.25) is 0 Å². The van der Waals surface area contributed by atoms with Gasteiger partial charge >= 0.3 is 5.97 Å². The van der Waals surface area contributed by atoms with Crippen LogP contribution in [0.1, 0.15) is 39.5 Å². The van der Waals surface area contributed by atoms with Crippen molar-refractivity contribution in [1.82, 2.24) is 0 Å². The van der Waals surface area contributed by atoms with Gasteiger partial charge in [-0.05, 0) is 33.1 Å². The maximum atomic E-state index is 10.9. The Kier molecular flexibility index (Phi) is 6.18. The van der Waals surface area contributed by atoms with Crippen LogP contribution in [0.5, 0.6) is 0 Å². The number of carbonyl (C=O) groups excluding carboxylic acids is 2. The van der Waals surface area contributed by atoms with Crippen LogP contribution >= 0.6 is 0 Å². The maximum absolute atomic E-state index is 10.9. The fraction of sp³-hybridized carbons (Fsp3) is 0.714. The van der Waals surface area contributed by atoms with Gasteiger partial charge in [0.05, 0.1) is 13.2 Å². The number of carbonyl (C=O) groups is 2.